The number of sulfonamides is 1. The van der Waals surface area contributed by atoms with Crippen LogP contribution < -0.4 is 5.32 Å². The molecule has 1 saturated heterocycles. The average Bonchev–Trinajstić information content (AvgIpc) is 2.97. The molecule has 8 heteroatoms. The Kier molecular flexibility index (Phi) is 4.27. The Balaban J connectivity index is 1.81. The highest BCUT2D eigenvalue weighted by molar-refractivity contribution is 7.88. The van der Waals surface area contributed by atoms with Crippen molar-refractivity contribution in [3.63, 3.8) is 0 Å². The van der Waals surface area contributed by atoms with E-state index in [-0.39, 0.29) is 5.92 Å². The summed E-state index contributed by atoms with van der Waals surface area (Å²) in [4.78, 5) is 13.1. The molecule has 0 bridgehead atoms. The normalized spacial score (nSPS) is 19.0. The molecule has 0 amide bonds. The molecule has 1 aliphatic heterocycles. The lowest BCUT2D eigenvalue weighted by Gasteiger charge is -2.14. The quantitative estimate of drug-likeness (QED) is 0.916. The maximum atomic E-state index is 11.7. The fraction of sp³-hybridized carbons (Fsp3) is 0.400. The van der Waals surface area contributed by atoms with Gasteiger partial charge >= 0.3 is 0 Å². The van der Waals surface area contributed by atoms with Crippen LogP contribution in [0.4, 0.5) is 11.6 Å². The molecule has 23 heavy (non-hydrogen) atoms. The second-order valence-electron chi connectivity index (χ2n) is 5.67. The third-order valence-corrected chi connectivity index (χ3v) is 5.09. The molecule has 0 spiro atoms. The molecule has 0 saturated carbocycles. The zero-order valence-electron chi connectivity index (χ0n) is 13.1. The number of aromatic nitrogens is 3. The molecular formula is C15H19N5O2S. The van der Waals surface area contributed by atoms with Crippen molar-refractivity contribution >= 4 is 21.7 Å². The summed E-state index contributed by atoms with van der Waals surface area (Å²) in [6.07, 6.45) is 3.72. The van der Waals surface area contributed by atoms with Crippen LogP contribution in [0.1, 0.15) is 23.9 Å². The molecular weight excluding hydrogens is 314 g/mol. The van der Waals surface area contributed by atoms with Crippen molar-refractivity contribution in [1.82, 2.24) is 19.3 Å². The van der Waals surface area contributed by atoms with E-state index in [0.717, 1.165) is 12.1 Å². The van der Waals surface area contributed by atoms with Crippen molar-refractivity contribution in [2.45, 2.75) is 19.3 Å². The first-order chi connectivity index (χ1) is 10.9. The van der Waals surface area contributed by atoms with Crippen LogP contribution in [0.5, 0.6) is 0 Å². The van der Waals surface area contributed by atoms with Gasteiger partial charge in [0.1, 0.15) is 17.5 Å². The number of hydrogen-bond donors (Lipinski definition) is 1. The lowest BCUT2D eigenvalue weighted by atomic mass is 10.0. The van der Waals surface area contributed by atoms with Gasteiger partial charge in [-0.25, -0.2) is 27.7 Å². The molecule has 1 fully saturated rings. The smallest absolute Gasteiger partial charge is 0.211 e. The number of hydrogen-bond acceptors (Lipinski definition) is 6. The summed E-state index contributed by atoms with van der Waals surface area (Å²) in [5.74, 6) is 2.12. The van der Waals surface area contributed by atoms with Crippen LogP contribution >= 0.6 is 0 Å². The molecule has 1 atom stereocenters. The third-order valence-electron chi connectivity index (χ3n) is 3.82. The Morgan fingerprint density at radius 1 is 1.26 bits per heavy atom. The van der Waals surface area contributed by atoms with Gasteiger partial charge in [0.25, 0.3) is 0 Å². The van der Waals surface area contributed by atoms with Crippen molar-refractivity contribution in [2.75, 3.05) is 24.7 Å². The number of nitrogens with zero attached hydrogens (tertiary/aromatic N) is 4. The van der Waals surface area contributed by atoms with Crippen LogP contribution in [0.25, 0.3) is 0 Å². The van der Waals surface area contributed by atoms with E-state index in [1.54, 1.807) is 6.20 Å². The maximum Gasteiger partial charge on any atom is 0.211 e. The van der Waals surface area contributed by atoms with Crippen LogP contribution in [-0.4, -0.2) is 47.0 Å². The first-order valence-corrected chi connectivity index (χ1v) is 9.25. The molecule has 7 nitrogen and oxygen atoms in total. The van der Waals surface area contributed by atoms with Gasteiger partial charge in [-0.2, -0.15) is 0 Å². The van der Waals surface area contributed by atoms with Crippen molar-refractivity contribution in [1.29, 1.82) is 0 Å². The lowest BCUT2D eigenvalue weighted by molar-refractivity contribution is 0.477. The zero-order chi connectivity index (χ0) is 16.4. The lowest BCUT2D eigenvalue weighted by Crippen LogP contribution is -2.27. The Bertz CT molecular complexity index is 795. The minimum absolute atomic E-state index is 0.0932. The van der Waals surface area contributed by atoms with E-state index in [9.17, 15) is 8.42 Å². The van der Waals surface area contributed by atoms with Crippen LogP contribution in [0.15, 0.2) is 30.5 Å². The molecule has 0 aliphatic carbocycles. The molecule has 3 rings (SSSR count). The van der Waals surface area contributed by atoms with Gasteiger partial charge in [-0.3, -0.25) is 0 Å². The molecule has 3 heterocycles. The van der Waals surface area contributed by atoms with E-state index in [2.05, 4.69) is 20.3 Å². The van der Waals surface area contributed by atoms with Crippen molar-refractivity contribution in [3.8, 4) is 0 Å². The van der Waals surface area contributed by atoms with Crippen LogP contribution in [-0.2, 0) is 10.0 Å². The minimum Gasteiger partial charge on any atom is -0.325 e. The Morgan fingerprint density at radius 2 is 2.09 bits per heavy atom. The molecule has 1 aliphatic rings. The summed E-state index contributed by atoms with van der Waals surface area (Å²) < 4.78 is 24.8. The van der Waals surface area contributed by atoms with Gasteiger partial charge in [0, 0.05) is 31.3 Å². The van der Waals surface area contributed by atoms with Gasteiger partial charge in [0.05, 0.1) is 11.9 Å². The molecule has 122 valence electrons. The zero-order valence-corrected chi connectivity index (χ0v) is 13.9. The second kappa shape index (κ2) is 6.21. The topological polar surface area (TPSA) is 88.1 Å². The van der Waals surface area contributed by atoms with E-state index in [0.29, 0.717) is 30.5 Å². The van der Waals surface area contributed by atoms with Crippen molar-refractivity contribution in [3.05, 3.63) is 42.0 Å². The van der Waals surface area contributed by atoms with Crippen molar-refractivity contribution in [2.24, 2.45) is 0 Å². The Hall–Kier alpha value is -2.06. The largest absolute Gasteiger partial charge is 0.325 e. The first kappa shape index (κ1) is 15.8. The Labute approximate surface area is 135 Å². The number of pyridine rings is 1. The number of anilines is 2. The number of aryl methyl sites for hydroxylation is 1. The van der Waals surface area contributed by atoms with E-state index < -0.39 is 10.0 Å². The summed E-state index contributed by atoms with van der Waals surface area (Å²) in [6.45, 7) is 2.84. The highest BCUT2D eigenvalue weighted by atomic mass is 32.2. The highest BCUT2D eigenvalue weighted by Crippen LogP contribution is 2.28. The SMILES string of the molecule is Cc1nc(Nc2ccccn2)cc([C@H]2CCN(S(C)(=O)=O)C2)n1. The molecule has 2 aromatic rings. The fourth-order valence-corrected chi connectivity index (χ4v) is 3.59. The number of rotatable bonds is 4. The average molecular weight is 333 g/mol. The summed E-state index contributed by atoms with van der Waals surface area (Å²) in [5, 5.41) is 3.16. The highest BCUT2D eigenvalue weighted by Gasteiger charge is 2.30. The third kappa shape index (κ3) is 3.83. The van der Waals surface area contributed by atoms with Crippen LogP contribution in [0.3, 0.4) is 0 Å². The molecule has 2 aromatic heterocycles. The van der Waals surface area contributed by atoms with Gasteiger partial charge < -0.3 is 5.32 Å². The fourth-order valence-electron chi connectivity index (χ4n) is 2.70. The minimum atomic E-state index is -3.15. The van der Waals surface area contributed by atoms with Gasteiger partial charge in [-0.15, -0.1) is 0 Å². The molecule has 0 aromatic carbocycles. The van der Waals surface area contributed by atoms with E-state index in [4.69, 9.17) is 0 Å². The Morgan fingerprint density at radius 3 is 2.74 bits per heavy atom. The van der Waals surface area contributed by atoms with E-state index >= 15 is 0 Å². The van der Waals surface area contributed by atoms with Crippen molar-refractivity contribution < 1.29 is 8.42 Å². The van der Waals surface area contributed by atoms with Gasteiger partial charge in [0.15, 0.2) is 0 Å². The van der Waals surface area contributed by atoms with Crippen LogP contribution in [0.2, 0.25) is 0 Å². The summed E-state index contributed by atoms with van der Waals surface area (Å²) in [5.41, 5.74) is 0.863. The molecule has 0 unspecified atom stereocenters. The summed E-state index contributed by atoms with van der Waals surface area (Å²) in [6, 6.07) is 7.47. The van der Waals surface area contributed by atoms with Gasteiger partial charge in [-0.1, -0.05) is 6.07 Å². The standard InChI is InChI=1S/C15H19N5O2S/c1-11-17-13(12-6-8-20(10-12)23(2,21)22)9-15(18-11)19-14-5-3-4-7-16-14/h3-5,7,9,12H,6,8,10H2,1-2H3,(H,16,17,18,19)/t12-/m0/s1. The van der Waals surface area contributed by atoms with E-state index in [1.807, 2.05) is 31.2 Å². The summed E-state index contributed by atoms with van der Waals surface area (Å²) in [7, 11) is -3.15. The molecule has 0 radical (unpaired) electrons. The number of nitrogens with one attached hydrogen (secondary N) is 1. The molecule has 1 N–H and O–H groups in total. The van der Waals surface area contributed by atoms with Gasteiger partial charge in [0.2, 0.25) is 10.0 Å². The van der Waals surface area contributed by atoms with Gasteiger partial charge in [-0.05, 0) is 25.5 Å². The second-order valence-corrected chi connectivity index (χ2v) is 7.65. The maximum absolute atomic E-state index is 11.7. The first-order valence-electron chi connectivity index (χ1n) is 7.40. The predicted molar refractivity (Wildman–Crippen MR) is 88.1 cm³/mol. The predicted octanol–water partition coefficient (Wildman–Crippen LogP) is 1.67. The van der Waals surface area contributed by atoms with E-state index in [1.165, 1.54) is 10.6 Å². The monoisotopic (exact) mass is 333 g/mol. The van der Waals surface area contributed by atoms with Crippen LogP contribution in [0, 0.1) is 6.92 Å². The summed E-state index contributed by atoms with van der Waals surface area (Å²) >= 11 is 0.